The summed E-state index contributed by atoms with van der Waals surface area (Å²) >= 11 is 0. The molecule has 110 valence electrons. The molecule has 1 aromatic heterocycles. The smallest absolute Gasteiger partial charge is 0.132 e. The normalized spacial score (nSPS) is 11.1. The lowest BCUT2D eigenvalue weighted by molar-refractivity contribution is 0.298. The van der Waals surface area contributed by atoms with Crippen molar-refractivity contribution in [1.82, 2.24) is 9.97 Å². The molecule has 0 atom stereocenters. The standard InChI is InChI=1S/C17H15N3O2/c1-12-16(20-15-8-4-3-7-14(15)19-12)11-22-17-9-5-2-6-13(17)10-18-21/h2-10,21H,11H2,1H3/b18-10-. The molecule has 22 heavy (non-hydrogen) atoms. The molecule has 0 bridgehead atoms. The zero-order valence-corrected chi connectivity index (χ0v) is 12.1. The maximum Gasteiger partial charge on any atom is 0.132 e. The van der Waals surface area contributed by atoms with Crippen molar-refractivity contribution in [3.63, 3.8) is 0 Å². The molecule has 0 unspecified atom stereocenters. The summed E-state index contributed by atoms with van der Waals surface area (Å²) in [5.74, 6) is 0.634. The van der Waals surface area contributed by atoms with E-state index in [4.69, 9.17) is 9.94 Å². The van der Waals surface area contributed by atoms with Crippen molar-refractivity contribution in [2.45, 2.75) is 13.5 Å². The Morgan fingerprint density at radius 2 is 1.73 bits per heavy atom. The van der Waals surface area contributed by atoms with E-state index in [2.05, 4.69) is 15.1 Å². The number of rotatable bonds is 4. The van der Waals surface area contributed by atoms with Crippen LogP contribution in [-0.4, -0.2) is 21.4 Å². The Morgan fingerprint density at radius 1 is 1.05 bits per heavy atom. The SMILES string of the molecule is Cc1nc2ccccc2nc1COc1ccccc1/C=N\O. The van der Waals surface area contributed by atoms with Crippen LogP contribution in [0.4, 0.5) is 0 Å². The van der Waals surface area contributed by atoms with E-state index >= 15 is 0 Å². The predicted molar refractivity (Wildman–Crippen MR) is 84.4 cm³/mol. The van der Waals surface area contributed by atoms with E-state index in [0.29, 0.717) is 17.9 Å². The van der Waals surface area contributed by atoms with Gasteiger partial charge in [0.1, 0.15) is 12.4 Å². The highest BCUT2D eigenvalue weighted by molar-refractivity contribution is 5.82. The molecule has 0 aliphatic heterocycles. The molecule has 0 saturated heterocycles. The Kier molecular flexibility index (Phi) is 3.96. The van der Waals surface area contributed by atoms with Crippen molar-refractivity contribution in [2.24, 2.45) is 5.16 Å². The number of benzene rings is 2. The quantitative estimate of drug-likeness (QED) is 0.455. The average molecular weight is 293 g/mol. The largest absolute Gasteiger partial charge is 0.487 e. The van der Waals surface area contributed by atoms with E-state index < -0.39 is 0 Å². The van der Waals surface area contributed by atoms with Crippen LogP contribution in [0.15, 0.2) is 53.7 Å². The van der Waals surface area contributed by atoms with Crippen molar-refractivity contribution < 1.29 is 9.94 Å². The first-order valence-corrected chi connectivity index (χ1v) is 6.89. The molecular weight excluding hydrogens is 278 g/mol. The first kappa shape index (κ1) is 14.0. The molecule has 0 amide bonds. The summed E-state index contributed by atoms with van der Waals surface area (Å²) in [5, 5.41) is 11.7. The molecule has 0 saturated carbocycles. The lowest BCUT2D eigenvalue weighted by Gasteiger charge is -2.10. The molecule has 3 rings (SSSR count). The first-order chi connectivity index (χ1) is 10.8. The third kappa shape index (κ3) is 2.88. The van der Waals surface area contributed by atoms with Crippen LogP contribution in [0.1, 0.15) is 17.0 Å². The molecule has 0 aliphatic carbocycles. The summed E-state index contributed by atoms with van der Waals surface area (Å²) in [6, 6.07) is 15.1. The van der Waals surface area contributed by atoms with Crippen LogP contribution in [0, 0.1) is 6.92 Å². The second-order valence-electron chi connectivity index (χ2n) is 4.82. The topological polar surface area (TPSA) is 67.6 Å². The molecule has 5 nitrogen and oxygen atoms in total. The molecule has 1 N–H and O–H groups in total. The van der Waals surface area contributed by atoms with Gasteiger partial charge in [0, 0.05) is 5.56 Å². The average Bonchev–Trinajstić information content (AvgIpc) is 2.54. The highest BCUT2D eigenvalue weighted by atomic mass is 16.5. The van der Waals surface area contributed by atoms with Gasteiger partial charge in [0.25, 0.3) is 0 Å². The molecule has 0 spiro atoms. The van der Waals surface area contributed by atoms with Gasteiger partial charge in [0.15, 0.2) is 0 Å². The molecule has 2 aromatic carbocycles. The van der Waals surface area contributed by atoms with E-state index in [-0.39, 0.29) is 0 Å². The van der Waals surface area contributed by atoms with Crippen molar-refractivity contribution in [1.29, 1.82) is 0 Å². The second kappa shape index (κ2) is 6.22. The van der Waals surface area contributed by atoms with E-state index in [0.717, 1.165) is 22.4 Å². The summed E-state index contributed by atoms with van der Waals surface area (Å²) in [5.41, 5.74) is 4.05. The van der Waals surface area contributed by atoms with Crippen LogP contribution in [0.25, 0.3) is 11.0 Å². The van der Waals surface area contributed by atoms with Crippen LogP contribution in [0.5, 0.6) is 5.75 Å². The van der Waals surface area contributed by atoms with Crippen molar-refractivity contribution in [2.75, 3.05) is 0 Å². The summed E-state index contributed by atoms with van der Waals surface area (Å²) in [7, 11) is 0. The Morgan fingerprint density at radius 3 is 2.50 bits per heavy atom. The fourth-order valence-corrected chi connectivity index (χ4v) is 2.19. The maximum absolute atomic E-state index is 8.68. The van der Waals surface area contributed by atoms with Gasteiger partial charge in [-0.05, 0) is 31.2 Å². The molecule has 0 aliphatic rings. The number of fused-ring (bicyclic) bond motifs is 1. The van der Waals surface area contributed by atoms with Crippen molar-refractivity contribution >= 4 is 17.2 Å². The van der Waals surface area contributed by atoms with Gasteiger partial charge in [0.2, 0.25) is 0 Å². The summed E-state index contributed by atoms with van der Waals surface area (Å²) in [4.78, 5) is 9.13. The lowest BCUT2D eigenvalue weighted by Crippen LogP contribution is -2.04. The lowest BCUT2D eigenvalue weighted by atomic mass is 10.2. The highest BCUT2D eigenvalue weighted by Crippen LogP contribution is 2.19. The van der Waals surface area contributed by atoms with Gasteiger partial charge in [-0.1, -0.05) is 29.4 Å². The highest BCUT2D eigenvalue weighted by Gasteiger charge is 2.07. The fourth-order valence-electron chi connectivity index (χ4n) is 2.19. The summed E-state index contributed by atoms with van der Waals surface area (Å²) in [6.45, 7) is 2.22. The van der Waals surface area contributed by atoms with Gasteiger partial charge < -0.3 is 9.94 Å². The third-order valence-electron chi connectivity index (χ3n) is 3.32. The van der Waals surface area contributed by atoms with E-state index in [1.165, 1.54) is 6.21 Å². The van der Waals surface area contributed by atoms with Gasteiger partial charge in [0.05, 0.1) is 28.6 Å². The molecule has 0 radical (unpaired) electrons. The molecule has 0 fully saturated rings. The van der Waals surface area contributed by atoms with Crippen LogP contribution >= 0.6 is 0 Å². The van der Waals surface area contributed by atoms with Crippen LogP contribution in [0.3, 0.4) is 0 Å². The van der Waals surface area contributed by atoms with Gasteiger partial charge >= 0.3 is 0 Å². The van der Waals surface area contributed by atoms with E-state index in [1.54, 1.807) is 0 Å². The number of aryl methyl sites for hydroxylation is 1. The number of ether oxygens (including phenoxy) is 1. The fraction of sp³-hybridized carbons (Fsp3) is 0.118. The van der Waals surface area contributed by atoms with Crippen LogP contribution in [-0.2, 0) is 6.61 Å². The first-order valence-electron chi connectivity index (χ1n) is 6.89. The molecular formula is C17H15N3O2. The van der Waals surface area contributed by atoms with E-state index in [1.807, 2.05) is 55.5 Å². The number of nitrogens with zero attached hydrogens (tertiary/aromatic N) is 3. The molecule has 5 heteroatoms. The van der Waals surface area contributed by atoms with Gasteiger partial charge in [-0.3, -0.25) is 0 Å². The van der Waals surface area contributed by atoms with Gasteiger partial charge in [-0.25, -0.2) is 9.97 Å². The number of oxime groups is 1. The van der Waals surface area contributed by atoms with Crippen molar-refractivity contribution in [3.8, 4) is 5.75 Å². The number of hydrogen-bond acceptors (Lipinski definition) is 5. The van der Waals surface area contributed by atoms with Crippen LogP contribution in [0.2, 0.25) is 0 Å². The number of aromatic nitrogens is 2. The van der Waals surface area contributed by atoms with Gasteiger partial charge in [-0.15, -0.1) is 0 Å². The molecule has 3 aromatic rings. The van der Waals surface area contributed by atoms with Crippen LogP contribution < -0.4 is 4.74 Å². The minimum atomic E-state index is 0.306. The summed E-state index contributed by atoms with van der Waals surface area (Å²) in [6.07, 6.45) is 1.34. The maximum atomic E-state index is 8.68. The minimum Gasteiger partial charge on any atom is -0.487 e. The minimum absolute atomic E-state index is 0.306. The zero-order valence-electron chi connectivity index (χ0n) is 12.1. The Hall–Kier alpha value is -2.95. The Balaban J connectivity index is 1.86. The Bertz CT molecular complexity index is 831. The monoisotopic (exact) mass is 293 g/mol. The summed E-state index contributed by atoms with van der Waals surface area (Å²) < 4.78 is 5.80. The Labute approximate surface area is 127 Å². The molecule has 1 heterocycles. The number of hydrogen-bond donors (Lipinski definition) is 1. The van der Waals surface area contributed by atoms with Crippen molar-refractivity contribution in [3.05, 3.63) is 65.5 Å². The predicted octanol–water partition coefficient (Wildman–Crippen LogP) is 3.33. The second-order valence-corrected chi connectivity index (χ2v) is 4.82. The van der Waals surface area contributed by atoms with Gasteiger partial charge in [-0.2, -0.15) is 0 Å². The number of para-hydroxylation sites is 3. The van der Waals surface area contributed by atoms with E-state index in [9.17, 15) is 0 Å². The zero-order chi connectivity index (χ0) is 15.4. The third-order valence-corrected chi connectivity index (χ3v) is 3.32.